The molecule has 106 valence electrons. The van der Waals surface area contributed by atoms with E-state index in [1.54, 1.807) is 18.2 Å². The fourth-order valence-corrected chi connectivity index (χ4v) is 2.65. The first kappa shape index (κ1) is 13.8. The van der Waals surface area contributed by atoms with Crippen LogP contribution in [0, 0.1) is 0 Å². The maximum atomic E-state index is 12.2. The molecule has 2 heterocycles. The van der Waals surface area contributed by atoms with Crippen LogP contribution in [0.25, 0.3) is 5.69 Å². The van der Waals surface area contributed by atoms with Crippen molar-refractivity contribution in [1.82, 2.24) is 9.88 Å². The van der Waals surface area contributed by atoms with Crippen LogP contribution in [0.3, 0.4) is 0 Å². The normalized spacial score (nSPS) is 13.2. The molecule has 0 aliphatic carbocycles. The minimum Gasteiger partial charge on any atom is -0.384 e. The second kappa shape index (κ2) is 4.71. The van der Waals surface area contributed by atoms with Gasteiger partial charge in [0.25, 0.3) is 17.4 Å². The third kappa shape index (κ3) is 2.05. The Morgan fingerprint density at radius 1 is 1.14 bits per heavy atom. The van der Waals surface area contributed by atoms with Crippen LogP contribution in [0.4, 0.5) is 5.82 Å². The van der Waals surface area contributed by atoms with Crippen LogP contribution in [0.5, 0.6) is 0 Å². The van der Waals surface area contributed by atoms with Crippen molar-refractivity contribution in [3.05, 3.63) is 55.2 Å². The van der Waals surface area contributed by atoms with Gasteiger partial charge in [-0.3, -0.25) is 24.3 Å². The molecule has 0 saturated carbocycles. The van der Waals surface area contributed by atoms with Crippen LogP contribution >= 0.6 is 27.5 Å². The molecule has 6 nitrogen and oxygen atoms in total. The molecule has 0 spiro atoms. The van der Waals surface area contributed by atoms with E-state index < -0.39 is 17.4 Å². The molecule has 0 atom stereocenters. The number of carbonyl (C=O) groups is 2. The Morgan fingerprint density at radius 2 is 1.86 bits per heavy atom. The summed E-state index contributed by atoms with van der Waals surface area (Å²) >= 11 is 9.16. The van der Waals surface area contributed by atoms with Crippen LogP contribution in [0.15, 0.2) is 33.5 Å². The highest BCUT2D eigenvalue weighted by Gasteiger charge is 2.31. The first-order valence-electron chi connectivity index (χ1n) is 5.77. The number of nitrogens with two attached hydrogens (primary N) is 1. The zero-order valence-corrected chi connectivity index (χ0v) is 12.7. The summed E-state index contributed by atoms with van der Waals surface area (Å²) in [6, 6.07) is 5.87. The zero-order valence-electron chi connectivity index (χ0n) is 10.3. The van der Waals surface area contributed by atoms with Crippen molar-refractivity contribution >= 4 is 45.2 Å². The monoisotopic (exact) mass is 367 g/mol. The largest absolute Gasteiger partial charge is 0.384 e. The molecule has 3 rings (SSSR count). The number of fused-ring (bicyclic) bond motifs is 1. The van der Waals surface area contributed by atoms with Gasteiger partial charge in [-0.05, 0) is 34.1 Å². The number of rotatable bonds is 1. The highest BCUT2D eigenvalue weighted by Crippen LogP contribution is 2.27. The Bertz CT molecular complexity index is 876. The van der Waals surface area contributed by atoms with E-state index in [1.165, 1.54) is 0 Å². The van der Waals surface area contributed by atoms with Gasteiger partial charge in [0.1, 0.15) is 5.82 Å². The number of aromatic nitrogens is 1. The second-order valence-electron chi connectivity index (χ2n) is 4.37. The fourth-order valence-electron chi connectivity index (χ4n) is 2.17. The van der Waals surface area contributed by atoms with Crippen molar-refractivity contribution in [3.8, 4) is 5.69 Å². The molecule has 0 bridgehead atoms. The smallest absolute Gasteiger partial charge is 0.262 e. The van der Waals surface area contributed by atoms with Crippen LogP contribution in [-0.2, 0) is 0 Å². The van der Waals surface area contributed by atoms with Gasteiger partial charge in [-0.25, -0.2) is 0 Å². The summed E-state index contributed by atoms with van der Waals surface area (Å²) in [5, 5.41) is 2.58. The molecule has 2 amide bonds. The number of nitrogen functional groups attached to an aromatic ring is 1. The minimum atomic E-state index is -0.622. The Hall–Kier alpha value is -2.12. The number of imide groups is 1. The van der Waals surface area contributed by atoms with Gasteiger partial charge in [0.05, 0.1) is 21.8 Å². The molecule has 1 aliphatic rings. The summed E-state index contributed by atoms with van der Waals surface area (Å²) in [5.41, 5.74) is 5.83. The average molecular weight is 369 g/mol. The molecule has 8 heteroatoms. The molecule has 1 aliphatic heterocycles. The van der Waals surface area contributed by atoms with Crippen molar-refractivity contribution < 1.29 is 9.59 Å². The summed E-state index contributed by atoms with van der Waals surface area (Å²) in [5.74, 6) is -1.33. The summed E-state index contributed by atoms with van der Waals surface area (Å²) < 4.78 is 1.73. The number of nitrogens with zero attached hydrogens (tertiary/aromatic N) is 1. The van der Waals surface area contributed by atoms with E-state index in [0.29, 0.717) is 15.2 Å². The lowest BCUT2D eigenvalue weighted by molar-refractivity contribution is 0.0880. The van der Waals surface area contributed by atoms with Crippen molar-refractivity contribution in [2.75, 3.05) is 5.73 Å². The lowest BCUT2D eigenvalue weighted by Crippen LogP contribution is -2.24. The number of nitrogens with one attached hydrogen (secondary N) is 1. The Labute approximate surface area is 131 Å². The second-order valence-corrected chi connectivity index (χ2v) is 5.64. The average Bonchev–Trinajstić information content (AvgIpc) is 2.69. The number of anilines is 1. The molecule has 2 aromatic rings. The van der Waals surface area contributed by atoms with Crippen LogP contribution in [0.1, 0.15) is 20.7 Å². The molecular formula is C13H7BrClN3O3. The van der Waals surface area contributed by atoms with E-state index in [-0.39, 0.29) is 16.9 Å². The summed E-state index contributed by atoms with van der Waals surface area (Å²) in [6.07, 6.45) is 0. The molecule has 0 radical (unpaired) electrons. The molecule has 1 aromatic heterocycles. The van der Waals surface area contributed by atoms with E-state index in [4.69, 9.17) is 17.3 Å². The van der Waals surface area contributed by atoms with Crippen LogP contribution in [-0.4, -0.2) is 16.4 Å². The summed E-state index contributed by atoms with van der Waals surface area (Å²) in [4.78, 5) is 35.5. The quantitative estimate of drug-likeness (QED) is 0.749. The van der Waals surface area contributed by atoms with E-state index in [2.05, 4.69) is 21.2 Å². The van der Waals surface area contributed by atoms with E-state index >= 15 is 0 Å². The van der Waals surface area contributed by atoms with Gasteiger partial charge >= 0.3 is 0 Å². The Balaban J connectivity index is 2.32. The highest BCUT2D eigenvalue weighted by molar-refractivity contribution is 9.10. The third-order valence-corrected chi connectivity index (χ3v) is 4.33. The zero-order chi connectivity index (χ0) is 15.3. The first-order chi connectivity index (χ1) is 9.90. The maximum absolute atomic E-state index is 12.2. The van der Waals surface area contributed by atoms with Gasteiger partial charge in [0.2, 0.25) is 0 Å². The van der Waals surface area contributed by atoms with Crippen molar-refractivity contribution in [1.29, 1.82) is 0 Å². The van der Waals surface area contributed by atoms with Gasteiger partial charge in [0.15, 0.2) is 0 Å². The molecule has 21 heavy (non-hydrogen) atoms. The first-order valence-corrected chi connectivity index (χ1v) is 6.94. The molecule has 0 saturated heterocycles. The van der Waals surface area contributed by atoms with Gasteiger partial charge in [0, 0.05) is 10.5 Å². The lowest BCUT2D eigenvalue weighted by Gasteiger charge is -2.12. The van der Waals surface area contributed by atoms with Gasteiger partial charge in [-0.1, -0.05) is 11.6 Å². The fraction of sp³-hybridized carbons (Fsp3) is 0. The van der Waals surface area contributed by atoms with Crippen molar-refractivity contribution in [3.63, 3.8) is 0 Å². The van der Waals surface area contributed by atoms with E-state index in [1.807, 2.05) is 0 Å². The Kier molecular flexibility index (Phi) is 3.11. The number of amides is 2. The van der Waals surface area contributed by atoms with Gasteiger partial charge < -0.3 is 5.73 Å². The number of hydrogen-bond donors (Lipinski definition) is 2. The SMILES string of the molecule is Nc1c2c(cc(=O)n1-c1ccc(Cl)c(Br)c1)C(=O)NC2=O. The van der Waals surface area contributed by atoms with Crippen molar-refractivity contribution in [2.45, 2.75) is 0 Å². The highest BCUT2D eigenvalue weighted by atomic mass is 79.9. The van der Waals surface area contributed by atoms with Gasteiger partial charge in [-0.15, -0.1) is 0 Å². The van der Waals surface area contributed by atoms with E-state index in [0.717, 1.165) is 10.6 Å². The number of carbonyl (C=O) groups excluding carboxylic acids is 2. The minimum absolute atomic E-state index is 0.00525. The Morgan fingerprint density at radius 3 is 2.52 bits per heavy atom. The van der Waals surface area contributed by atoms with Crippen molar-refractivity contribution in [2.24, 2.45) is 0 Å². The number of halogens is 2. The van der Waals surface area contributed by atoms with E-state index in [9.17, 15) is 14.4 Å². The topological polar surface area (TPSA) is 94.2 Å². The number of pyridine rings is 1. The molecule has 3 N–H and O–H groups in total. The standard InChI is InChI=1S/C13H7BrClN3O3/c14-7-3-5(1-2-8(7)15)18-9(19)4-6-10(11(18)16)13(21)17-12(6)20/h1-4H,16H2,(H,17,20,21). The summed E-state index contributed by atoms with van der Waals surface area (Å²) in [7, 11) is 0. The molecule has 1 aromatic carbocycles. The maximum Gasteiger partial charge on any atom is 0.262 e. The van der Waals surface area contributed by atoms with Gasteiger partial charge in [-0.2, -0.15) is 0 Å². The number of hydrogen-bond acceptors (Lipinski definition) is 4. The predicted octanol–water partition coefficient (Wildman–Crippen LogP) is 1.72. The van der Waals surface area contributed by atoms with Crippen LogP contribution < -0.4 is 16.6 Å². The molecular weight excluding hydrogens is 362 g/mol. The number of benzene rings is 1. The molecule has 0 fully saturated rings. The molecule has 0 unspecified atom stereocenters. The predicted molar refractivity (Wildman–Crippen MR) is 81.0 cm³/mol. The van der Waals surface area contributed by atoms with Crippen LogP contribution in [0.2, 0.25) is 5.02 Å². The lowest BCUT2D eigenvalue weighted by atomic mass is 10.1. The third-order valence-electron chi connectivity index (χ3n) is 3.11. The summed E-state index contributed by atoms with van der Waals surface area (Å²) in [6.45, 7) is 0.